The third-order valence-corrected chi connectivity index (χ3v) is 3.64. The van der Waals surface area contributed by atoms with E-state index in [-0.39, 0.29) is 10.8 Å². The van der Waals surface area contributed by atoms with Gasteiger partial charge in [-0.2, -0.15) is 0 Å². The number of carbonyl (C=O) groups is 2. The van der Waals surface area contributed by atoms with Crippen molar-refractivity contribution in [2.45, 2.75) is 13.8 Å². The molecule has 0 aliphatic rings. The number of carboxylic acid groups (broad SMARTS) is 1. The molecule has 5 nitrogen and oxygen atoms in total. The van der Waals surface area contributed by atoms with Gasteiger partial charge in [0, 0.05) is 12.5 Å². The van der Waals surface area contributed by atoms with Crippen LogP contribution >= 0.6 is 11.3 Å². The maximum Gasteiger partial charge on any atom is 0.347 e. The lowest BCUT2D eigenvalue weighted by Crippen LogP contribution is -2.06. The van der Waals surface area contributed by atoms with E-state index in [1.165, 1.54) is 6.92 Å². The summed E-state index contributed by atoms with van der Waals surface area (Å²) in [6.45, 7) is 3.08. The van der Waals surface area contributed by atoms with E-state index in [1.807, 2.05) is 6.07 Å². The molecule has 0 radical (unpaired) electrons. The fourth-order valence-electron chi connectivity index (χ4n) is 1.68. The van der Waals surface area contributed by atoms with E-state index in [4.69, 9.17) is 5.11 Å². The number of carboxylic acids is 1. The van der Waals surface area contributed by atoms with Crippen LogP contribution in [0.4, 0.5) is 5.69 Å². The van der Waals surface area contributed by atoms with E-state index in [0.29, 0.717) is 16.4 Å². The second-order valence-corrected chi connectivity index (χ2v) is 4.96. The number of rotatable bonds is 3. The van der Waals surface area contributed by atoms with Crippen molar-refractivity contribution in [1.82, 2.24) is 4.98 Å². The Morgan fingerprint density at radius 3 is 2.58 bits per heavy atom. The topological polar surface area (TPSA) is 79.3 Å². The van der Waals surface area contributed by atoms with Gasteiger partial charge in [0.05, 0.1) is 11.4 Å². The smallest absolute Gasteiger partial charge is 0.347 e. The molecule has 0 unspecified atom stereocenters. The first-order valence-corrected chi connectivity index (χ1v) is 6.38. The summed E-state index contributed by atoms with van der Waals surface area (Å²) in [4.78, 5) is 26.7. The van der Waals surface area contributed by atoms with E-state index in [9.17, 15) is 9.59 Å². The third kappa shape index (κ3) is 2.79. The lowest BCUT2D eigenvalue weighted by Gasteiger charge is -2.06. The Bertz CT molecular complexity index is 649. The van der Waals surface area contributed by atoms with Gasteiger partial charge in [-0.25, -0.2) is 9.78 Å². The van der Waals surface area contributed by atoms with Gasteiger partial charge in [0.1, 0.15) is 9.88 Å². The summed E-state index contributed by atoms with van der Waals surface area (Å²) >= 11 is 1.10. The number of aromatic carboxylic acids is 1. The summed E-state index contributed by atoms with van der Waals surface area (Å²) in [5.74, 6) is -1.17. The Morgan fingerprint density at radius 2 is 2.00 bits per heavy atom. The van der Waals surface area contributed by atoms with Gasteiger partial charge in [0.25, 0.3) is 0 Å². The predicted molar refractivity (Wildman–Crippen MR) is 73.6 cm³/mol. The van der Waals surface area contributed by atoms with Crippen molar-refractivity contribution in [2.24, 2.45) is 0 Å². The highest BCUT2D eigenvalue weighted by Crippen LogP contribution is 2.32. The van der Waals surface area contributed by atoms with E-state index >= 15 is 0 Å². The molecule has 1 amide bonds. The van der Waals surface area contributed by atoms with Crippen LogP contribution in [0.1, 0.15) is 22.3 Å². The Labute approximate surface area is 113 Å². The normalized spacial score (nSPS) is 10.2. The molecule has 2 aromatic rings. The molecule has 19 heavy (non-hydrogen) atoms. The maximum absolute atomic E-state index is 11.2. The first-order valence-electron chi connectivity index (χ1n) is 5.56. The summed E-state index contributed by atoms with van der Waals surface area (Å²) in [7, 11) is 0. The summed E-state index contributed by atoms with van der Waals surface area (Å²) in [5.41, 5.74) is 1.82. The number of aryl methyl sites for hydroxylation is 1. The molecule has 1 aromatic carbocycles. The second-order valence-electron chi connectivity index (χ2n) is 3.97. The van der Waals surface area contributed by atoms with Gasteiger partial charge < -0.3 is 10.4 Å². The highest BCUT2D eigenvalue weighted by atomic mass is 32.1. The molecule has 2 rings (SSSR count). The average molecular weight is 276 g/mol. The van der Waals surface area contributed by atoms with Crippen molar-refractivity contribution in [3.63, 3.8) is 0 Å². The van der Waals surface area contributed by atoms with Gasteiger partial charge in [-0.15, -0.1) is 11.3 Å². The number of para-hydroxylation sites is 1. The van der Waals surface area contributed by atoms with Crippen molar-refractivity contribution in [2.75, 3.05) is 5.32 Å². The van der Waals surface area contributed by atoms with E-state index in [2.05, 4.69) is 10.3 Å². The van der Waals surface area contributed by atoms with Crippen LogP contribution in [0.3, 0.4) is 0 Å². The van der Waals surface area contributed by atoms with Gasteiger partial charge in [0.15, 0.2) is 0 Å². The monoisotopic (exact) mass is 276 g/mol. The number of aromatic nitrogens is 1. The Kier molecular flexibility index (Phi) is 3.62. The lowest BCUT2D eigenvalue weighted by atomic mass is 10.2. The van der Waals surface area contributed by atoms with Crippen molar-refractivity contribution in [1.29, 1.82) is 0 Å². The minimum atomic E-state index is -0.988. The molecule has 0 saturated heterocycles. The van der Waals surface area contributed by atoms with Gasteiger partial charge >= 0.3 is 5.97 Å². The van der Waals surface area contributed by atoms with Crippen molar-refractivity contribution in [3.05, 3.63) is 34.8 Å². The standard InChI is InChI=1S/C13H12N2O3S/c1-7-11(13(17)18)19-12(14-7)9-5-3-4-6-10(9)15-8(2)16/h3-6H,1-2H3,(H,15,16)(H,17,18). The fraction of sp³-hybridized carbons (Fsp3) is 0.154. The Balaban J connectivity index is 2.50. The maximum atomic E-state index is 11.2. The van der Waals surface area contributed by atoms with Crippen molar-refractivity contribution in [3.8, 4) is 10.6 Å². The Hall–Kier alpha value is -2.21. The molecule has 0 spiro atoms. The summed E-state index contributed by atoms with van der Waals surface area (Å²) in [6, 6.07) is 7.17. The van der Waals surface area contributed by atoms with Gasteiger partial charge in [-0.05, 0) is 19.1 Å². The molecule has 98 valence electrons. The summed E-state index contributed by atoms with van der Waals surface area (Å²) in [5, 5.41) is 12.3. The molecule has 1 heterocycles. The first kappa shape index (κ1) is 13.2. The van der Waals surface area contributed by atoms with Crippen LogP contribution < -0.4 is 5.32 Å². The number of hydrogen-bond donors (Lipinski definition) is 2. The zero-order chi connectivity index (χ0) is 14.0. The fourth-order valence-corrected chi connectivity index (χ4v) is 2.62. The molecule has 1 aromatic heterocycles. The number of thiazole rings is 1. The molecular formula is C13H12N2O3S. The summed E-state index contributed by atoms with van der Waals surface area (Å²) in [6.07, 6.45) is 0. The lowest BCUT2D eigenvalue weighted by molar-refractivity contribution is -0.114. The SMILES string of the molecule is CC(=O)Nc1ccccc1-c1nc(C)c(C(=O)O)s1. The molecule has 0 aliphatic carbocycles. The van der Waals surface area contributed by atoms with Crippen LogP contribution in [0.5, 0.6) is 0 Å². The number of carbonyl (C=O) groups excluding carboxylic acids is 1. The number of benzene rings is 1. The van der Waals surface area contributed by atoms with Crippen LogP contribution in [-0.4, -0.2) is 22.0 Å². The third-order valence-electron chi connectivity index (χ3n) is 2.46. The van der Waals surface area contributed by atoms with E-state index in [0.717, 1.165) is 16.9 Å². The molecule has 0 aliphatic heterocycles. The van der Waals surface area contributed by atoms with Gasteiger partial charge in [-0.3, -0.25) is 4.79 Å². The minimum absolute atomic E-state index is 0.181. The van der Waals surface area contributed by atoms with Gasteiger partial charge in [-0.1, -0.05) is 12.1 Å². The van der Waals surface area contributed by atoms with Crippen LogP contribution in [-0.2, 0) is 4.79 Å². The van der Waals surface area contributed by atoms with Crippen LogP contribution in [0.2, 0.25) is 0 Å². The van der Waals surface area contributed by atoms with Crippen LogP contribution in [0.15, 0.2) is 24.3 Å². The van der Waals surface area contributed by atoms with Gasteiger partial charge in [0.2, 0.25) is 5.91 Å². The first-order chi connectivity index (χ1) is 8.99. The van der Waals surface area contributed by atoms with Crippen LogP contribution in [0, 0.1) is 6.92 Å². The largest absolute Gasteiger partial charge is 0.477 e. The Morgan fingerprint density at radius 1 is 1.32 bits per heavy atom. The molecule has 0 bridgehead atoms. The second kappa shape index (κ2) is 5.19. The zero-order valence-corrected chi connectivity index (χ0v) is 11.2. The number of hydrogen-bond acceptors (Lipinski definition) is 4. The highest BCUT2D eigenvalue weighted by molar-refractivity contribution is 7.17. The van der Waals surface area contributed by atoms with E-state index < -0.39 is 5.97 Å². The van der Waals surface area contributed by atoms with Crippen molar-refractivity contribution >= 4 is 28.9 Å². The molecule has 0 fully saturated rings. The molecule has 0 saturated carbocycles. The van der Waals surface area contributed by atoms with Crippen LogP contribution in [0.25, 0.3) is 10.6 Å². The quantitative estimate of drug-likeness (QED) is 0.903. The number of nitrogens with one attached hydrogen (secondary N) is 1. The van der Waals surface area contributed by atoms with Crippen molar-refractivity contribution < 1.29 is 14.7 Å². The minimum Gasteiger partial charge on any atom is -0.477 e. The molecule has 2 N–H and O–H groups in total. The number of amides is 1. The average Bonchev–Trinajstić information content (AvgIpc) is 2.71. The molecule has 0 atom stereocenters. The van der Waals surface area contributed by atoms with E-state index in [1.54, 1.807) is 25.1 Å². The predicted octanol–water partition coefficient (Wildman–Crippen LogP) is 2.78. The molecule has 6 heteroatoms. The summed E-state index contributed by atoms with van der Waals surface area (Å²) < 4.78 is 0. The molecular weight excluding hydrogens is 264 g/mol. The number of nitrogens with zero attached hydrogens (tertiary/aromatic N) is 1. The highest BCUT2D eigenvalue weighted by Gasteiger charge is 2.17. The number of anilines is 1. The zero-order valence-electron chi connectivity index (χ0n) is 10.4.